The highest BCUT2D eigenvalue weighted by Crippen LogP contribution is 2.20. The zero-order valence-electron chi connectivity index (χ0n) is 10.8. The number of fused-ring (bicyclic) bond motifs is 1. The average molecular weight is 259 g/mol. The van der Waals surface area contributed by atoms with Gasteiger partial charge in [-0.25, -0.2) is 0 Å². The predicted octanol–water partition coefficient (Wildman–Crippen LogP) is 1.34. The van der Waals surface area contributed by atoms with E-state index in [0.29, 0.717) is 13.2 Å². The molecule has 5 heteroatoms. The Balaban J connectivity index is 1.74. The van der Waals surface area contributed by atoms with Crippen LogP contribution in [0.25, 0.3) is 10.9 Å². The molecule has 1 aromatic carbocycles. The van der Waals surface area contributed by atoms with Crippen LogP contribution in [0.3, 0.4) is 0 Å². The van der Waals surface area contributed by atoms with Gasteiger partial charge < -0.3 is 20.4 Å². The van der Waals surface area contributed by atoms with E-state index in [1.54, 1.807) is 0 Å². The number of nitrogens with one attached hydrogen (secondary N) is 3. The number of ether oxygens (including phenoxy) is 1. The number of benzene rings is 1. The van der Waals surface area contributed by atoms with E-state index in [4.69, 9.17) is 4.74 Å². The largest absolute Gasteiger partial charge is 0.379 e. The molecule has 0 bridgehead atoms. The van der Waals surface area contributed by atoms with Crippen LogP contribution in [0, 0.1) is 5.92 Å². The van der Waals surface area contributed by atoms with E-state index in [0.717, 1.165) is 16.6 Å². The number of rotatable bonds is 3. The summed E-state index contributed by atoms with van der Waals surface area (Å²) in [6.07, 6.45) is 1.89. The lowest BCUT2D eigenvalue weighted by atomic mass is 10.0. The molecule has 3 rings (SSSR count). The molecule has 0 saturated carbocycles. The minimum atomic E-state index is -0.132. The van der Waals surface area contributed by atoms with Gasteiger partial charge in [0, 0.05) is 28.8 Å². The lowest BCUT2D eigenvalue weighted by Crippen LogP contribution is -2.39. The molecule has 100 valence electrons. The Hall–Kier alpha value is -1.85. The minimum Gasteiger partial charge on any atom is -0.379 e. The highest BCUT2D eigenvalue weighted by molar-refractivity contribution is 5.95. The molecule has 3 N–H and O–H groups in total. The maximum Gasteiger partial charge on any atom is 0.231 e. The first-order valence-corrected chi connectivity index (χ1v) is 6.41. The number of aromatic amines is 1. The van der Waals surface area contributed by atoms with E-state index in [2.05, 4.69) is 15.6 Å². The molecule has 1 saturated heterocycles. The van der Waals surface area contributed by atoms with Crippen molar-refractivity contribution in [2.45, 2.75) is 6.04 Å². The quantitative estimate of drug-likeness (QED) is 0.779. The first-order valence-electron chi connectivity index (χ1n) is 6.41. The molecule has 0 spiro atoms. The van der Waals surface area contributed by atoms with E-state index >= 15 is 0 Å². The van der Waals surface area contributed by atoms with Gasteiger partial charge in [-0.2, -0.15) is 0 Å². The van der Waals surface area contributed by atoms with Crippen LogP contribution in [0.4, 0.5) is 5.69 Å². The Bertz CT molecular complexity index is 593. The summed E-state index contributed by atoms with van der Waals surface area (Å²) in [5.74, 6) is -0.126. The van der Waals surface area contributed by atoms with Crippen molar-refractivity contribution in [3.63, 3.8) is 0 Å². The molecule has 1 amide bonds. The number of carbonyl (C=O) groups is 1. The summed E-state index contributed by atoms with van der Waals surface area (Å²) >= 11 is 0. The van der Waals surface area contributed by atoms with Crippen molar-refractivity contribution in [2.75, 3.05) is 25.6 Å². The van der Waals surface area contributed by atoms with Crippen LogP contribution in [0.5, 0.6) is 0 Å². The summed E-state index contributed by atoms with van der Waals surface area (Å²) in [5, 5.41) is 7.16. The van der Waals surface area contributed by atoms with Crippen molar-refractivity contribution in [1.29, 1.82) is 0 Å². The number of anilines is 1. The normalized spacial score (nSPS) is 22.8. The smallest absolute Gasteiger partial charge is 0.231 e. The summed E-state index contributed by atoms with van der Waals surface area (Å²) in [4.78, 5) is 15.3. The SMILES string of the molecule is CNC1COCC1C(=O)Nc1ccc2[nH]ccc2c1. The fraction of sp³-hybridized carbons (Fsp3) is 0.357. The van der Waals surface area contributed by atoms with Crippen LogP contribution < -0.4 is 10.6 Å². The second kappa shape index (κ2) is 5.03. The molecule has 2 unspecified atom stereocenters. The van der Waals surface area contributed by atoms with Gasteiger partial charge >= 0.3 is 0 Å². The number of H-pyrrole nitrogens is 1. The maximum atomic E-state index is 12.2. The molecule has 0 aliphatic carbocycles. The molecule has 1 aromatic heterocycles. The van der Waals surface area contributed by atoms with Gasteiger partial charge in [0.15, 0.2) is 0 Å². The summed E-state index contributed by atoms with van der Waals surface area (Å²) in [6.45, 7) is 1.06. The molecular formula is C14H17N3O2. The number of hydrogen-bond donors (Lipinski definition) is 3. The zero-order valence-corrected chi connectivity index (χ0v) is 10.8. The Morgan fingerprint density at radius 1 is 1.37 bits per heavy atom. The van der Waals surface area contributed by atoms with E-state index in [1.165, 1.54) is 0 Å². The van der Waals surface area contributed by atoms with Crippen molar-refractivity contribution >= 4 is 22.5 Å². The van der Waals surface area contributed by atoms with Crippen LogP contribution in [-0.4, -0.2) is 37.2 Å². The van der Waals surface area contributed by atoms with Gasteiger partial charge in [-0.15, -0.1) is 0 Å². The van der Waals surface area contributed by atoms with Gasteiger partial charge in [0.05, 0.1) is 19.1 Å². The fourth-order valence-corrected chi connectivity index (χ4v) is 2.46. The molecule has 2 aromatic rings. The summed E-state index contributed by atoms with van der Waals surface area (Å²) in [7, 11) is 1.85. The number of carbonyl (C=O) groups excluding carboxylic acids is 1. The molecule has 1 aliphatic rings. The van der Waals surface area contributed by atoms with Gasteiger partial charge in [-0.3, -0.25) is 4.79 Å². The van der Waals surface area contributed by atoms with Crippen molar-refractivity contribution in [1.82, 2.24) is 10.3 Å². The van der Waals surface area contributed by atoms with E-state index in [-0.39, 0.29) is 17.9 Å². The van der Waals surface area contributed by atoms with E-state index in [9.17, 15) is 4.79 Å². The number of amides is 1. The molecule has 2 atom stereocenters. The van der Waals surface area contributed by atoms with Crippen LogP contribution in [0.2, 0.25) is 0 Å². The first kappa shape index (κ1) is 12.2. The summed E-state index contributed by atoms with van der Waals surface area (Å²) in [6, 6.07) is 7.91. The van der Waals surface area contributed by atoms with Gasteiger partial charge in [-0.05, 0) is 31.3 Å². The Morgan fingerprint density at radius 3 is 3.11 bits per heavy atom. The highest BCUT2D eigenvalue weighted by atomic mass is 16.5. The average Bonchev–Trinajstić information content (AvgIpc) is 3.06. The van der Waals surface area contributed by atoms with Crippen molar-refractivity contribution in [3.05, 3.63) is 30.5 Å². The van der Waals surface area contributed by atoms with E-state index in [1.807, 2.05) is 37.5 Å². The van der Waals surface area contributed by atoms with Gasteiger partial charge in [0.25, 0.3) is 0 Å². The third-order valence-corrected chi connectivity index (χ3v) is 3.61. The number of likely N-dealkylation sites (N-methyl/N-ethyl adjacent to an activating group) is 1. The standard InChI is InChI=1S/C14H17N3O2/c1-15-13-8-19-7-11(13)14(18)17-10-2-3-12-9(6-10)4-5-16-12/h2-6,11,13,15-16H,7-8H2,1H3,(H,17,18). The lowest BCUT2D eigenvalue weighted by Gasteiger charge is -2.16. The summed E-state index contributed by atoms with van der Waals surface area (Å²) in [5.41, 5.74) is 1.88. The molecule has 1 fully saturated rings. The van der Waals surface area contributed by atoms with Gasteiger partial charge in [-0.1, -0.05) is 0 Å². The molecular weight excluding hydrogens is 242 g/mol. The molecule has 5 nitrogen and oxygen atoms in total. The zero-order chi connectivity index (χ0) is 13.2. The second-order valence-electron chi connectivity index (χ2n) is 4.81. The number of aromatic nitrogens is 1. The van der Waals surface area contributed by atoms with Gasteiger partial charge in [0.2, 0.25) is 5.91 Å². The van der Waals surface area contributed by atoms with Crippen molar-refractivity contribution in [2.24, 2.45) is 5.92 Å². The Kier molecular flexibility index (Phi) is 3.23. The summed E-state index contributed by atoms with van der Waals surface area (Å²) < 4.78 is 5.35. The first-order chi connectivity index (χ1) is 9.28. The van der Waals surface area contributed by atoms with Crippen molar-refractivity contribution < 1.29 is 9.53 Å². The monoisotopic (exact) mass is 259 g/mol. The molecule has 0 radical (unpaired) electrons. The predicted molar refractivity (Wildman–Crippen MR) is 74.1 cm³/mol. The molecule has 2 heterocycles. The number of hydrogen-bond acceptors (Lipinski definition) is 3. The van der Waals surface area contributed by atoms with Crippen LogP contribution in [0.1, 0.15) is 0 Å². The topological polar surface area (TPSA) is 66.2 Å². The van der Waals surface area contributed by atoms with E-state index < -0.39 is 0 Å². The van der Waals surface area contributed by atoms with Crippen molar-refractivity contribution in [3.8, 4) is 0 Å². The lowest BCUT2D eigenvalue weighted by molar-refractivity contribution is -0.120. The van der Waals surface area contributed by atoms with Crippen LogP contribution in [-0.2, 0) is 9.53 Å². The second-order valence-corrected chi connectivity index (χ2v) is 4.81. The highest BCUT2D eigenvalue weighted by Gasteiger charge is 2.32. The third-order valence-electron chi connectivity index (χ3n) is 3.61. The van der Waals surface area contributed by atoms with Crippen LogP contribution >= 0.6 is 0 Å². The molecule has 19 heavy (non-hydrogen) atoms. The maximum absolute atomic E-state index is 12.2. The fourth-order valence-electron chi connectivity index (χ4n) is 2.46. The molecule has 1 aliphatic heterocycles. The van der Waals surface area contributed by atoms with Crippen LogP contribution in [0.15, 0.2) is 30.5 Å². The third kappa shape index (κ3) is 2.34. The minimum absolute atomic E-state index is 0.00624. The van der Waals surface area contributed by atoms with Gasteiger partial charge in [0.1, 0.15) is 0 Å². The Morgan fingerprint density at radius 2 is 2.26 bits per heavy atom. The Labute approximate surface area is 111 Å².